The molecule has 0 saturated heterocycles. The van der Waals surface area contributed by atoms with Gasteiger partial charge in [-0.2, -0.15) is 0 Å². The Labute approximate surface area is 124 Å². The van der Waals surface area contributed by atoms with Crippen LogP contribution in [0.2, 0.25) is 0 Å². The Morgan fingerprint density at radius 1 is 1.19 bits per heavy atom. The fourth-order valence-corrected chi connectivity index (χ4v) is 3.76. The van der Waals surface area contributed by atoms with Crippen molar-refractivity contribution in [3.05, 3.63) is 29.8 Å². The number of benzene rings is 1. The molecule has 6 nitrogen and oxygen atoms in total. The van der Waals surface area contributed by atoms with Gasteiger partial charge in [-0.3, -0.25) is 9.36 Å². The topological polar surface area (TPSA) is 82.1 Å². The summed E-state index contributed by atoms with van der Waals surface area (Å²) in [5, 5.41) is 9.37. The minimum atomic E-state index is -3.70. The van der Waals surface area contributed by atoms with Crippen molar-refractivity contribution in [3.63, 3.8) is 0 Å². The van der Waals surface area contributed by atoms with Gasteiger partial charge < -0.3 is 18.9 Å². The van der Waals surface area contributed by atoms with E-state index in [2.05, 4.69) is 0 Å². The SMILES string of the molecule is CCOP(=O)(OCC)C(Cc1ccc(OC)cc1)C(=O)O. The zero-order valence-corrected chi connectivity index (χ0v) is 13.3. The molecular formula is C14H21O6P. The van der Waals surface area contributed by atoms with E-state index < -0.39 is 19.2 Å². The van der Waals surface area contributed by atoms with Crippen LogP contribution in [0.1, 0.15) is 19.4 Å². The van der Waals surface area contributed by atoms with E-state index in [9.17, 15) is 14.5 Å². The zero-order chi connectivity index (χ0) is 15.9. The van der Waals surface area contributed by atoms with Crippen LogP contribution in [0.4, 0.5) is 0 Å². The molecule has 0 fully saturated rings. The standard InChI is InChI=1S/C14H21O6P/c1-4-19-21(17,20-5-2)13(14(15)16)10-11-6-8-12(18-3)9-7-11/h6-9,13H,4-5,10H2,1-3H3,(H,15,16). The van der Waals surface area contributed by atoms with E-state index in [-0.39, 0.29) is 19.6 Å². The van der Waals surface area contributed by atoms with Crippen LogP contribution in [-0.4, -0.2) is 37.1 Å². The third-order valence-corrected chi connectivity index (χ3v) is 5.28. The lowest BCUT2D eigenvalue weighted by atomic mass is 10.1. The number of carbonyl (C=O) groups is 1. The Morgan fingerprint density at radius 2 is 1.71 bits per heavy atom. The largest absolute Gasteiger partial charge is 0.497 e. The Bertz CT molecular complexity index is 489. The average molecular weight is 316 g/mol. The molecule has 0 heterocycles. The molecule has 0 saturated carbocycles. The molecule has 0 aliphatic heterocycles. The van der Waals surface area contributed by atoms with E-state index in [1.54, 1.807) is 45.2 Å². The van der Waals surface area contributed by atoms with Crippen molar-refractivity contribution in [1.29, 1.82) is 0 Å². The number of hydrogen-bond acceptors (Lipinski definition) is 5. The first-order valence-corrected chi connectivity index (χ1v) is 8.32. The molecule has 0 bridgehead atoms. The number of rotatable bonds is 9. The minimum absolute atomic E-state index is 0.0661. The molecular weight excluding hydrogens is 295 g/mol. The van der Waals surface area contributed by atoms with Crippen LogP contribution in [0.25, 0.3) is 0 Å². The zero-order valence-electron chi connectivity index (χ0n) is 12.4. The smallest absolute Gasteiger partial charge is 0.345 e. The summed E-state index contributed by atoms with van der Waals surface area (Å²) in [6, 6.07) is 6.91. The second-order valence-corrected chi connectivity index (χ2v) is 6.50. The predicted octanol–water partition coefficient (Wildman–Crippen LogP) is 2.96. The third kappa shape index (κ3) is 4.84. The molecule has 118 valence electrons. The van der Waals surface area contributed by atoms with Crippen LogP contribution in [0, 0.1) is 0 Å². The lowest BCUT2D eigenvalue weighted by Crippen LogP contribution is -2.25. The van der Waals surface area contributed by atoms with Gasteiger partial charge in [0.25, 0.3) is 0 Å². The van der Waals surface area contributed by atoms with Gasteiger partial charge >= 0.3 is 13.6 Å². The maximum atomic E-state index is 12.6. The summed E-state index contributed by atoms with van der Waals surface area (Å²) in [5.74, 6) is -0.528. The lowest BCUT2D eigenvalue weighted by Gasteiger charge is -2.23. The number of carboxylic acids is 1. The van der Waals surface area contributed by atoms with Crippen LogP contribution < -0.4 is 4.74 Å². The molecule has 1 unspecified atom stereocenters. The highest BCUT2D eigenvalue weighted by molar-refractivity contribution is 7.55. The van der Waals surface area contributed by atoms with Crippen LogP contribution >= 0.6 is 7.60 Å². The van der Waals surface area contributed by atoms with Crippen molar-refractivity contribution < 1.29 is 28.3 Å². The number of methoxy groups -OCH3 is 1. The highest BCUT2D eigenvalue weighted by Crippen LogP contribution is 2.54. The van der Waals surface area contributed by atoms with Crippen LogP contribution in [-0.2, 0) is 24.8 Å². The lowest BCUT2D eigenvalue weighted by molar-refractivity contribution is -0.137. The van der Waals surface area contributed by atoms with E-state index in [1.165, 1.54) is 0 Å². The monoisotopic (exact) mass is 316 g/mol. The molecule has 0 aliphatic rings. The number of ether oxygens (including phenoxy) is 1. The molecule has 0 spiro atoms. The first-order chi connectivity index (χ1) is 9.96. The Hall–Kier alpha value is -1.36. The van der Waals surface area contributed by atoms with Gasteiger partial charge in [-0.05, 0) is 38.0 Å². The van der Waals surface area contributed by atoms with E-state index in [0.29, 0.717) is 5.75 Å². The Kier molecular flexibility index (Phi) is 6.89. The van der Waals surface area contributed by atoms with Gasteiger partial charge in [-0.15, -0.1) is 0 Å². The van der Waals surface area contributed by atoms with Crippen molar-refractivity contribution in [2.45, 2.75) is 25.9 Å². The highest BCUT2D eigenvalue weighted by Gasteiger charge is 2.41. The summed E-state index contributed by atoms with van der Waals surface area (Å²) < 4.78 is 28.0. The highest BCUT2D eigenvalue weighted by atomic mass is 31.2. The van der Waals surface area contributed by atoms with Crippen molar-refractivity contribution in [2.75, 3.05) is 20.3 Å². The fraction of sp³-hybridized carbons (Fsp3) is 0.500. The van der Waals surface area contributed by atoms with Gasteiger partial charge in [0.05, 0.1) is 20.3 Å². The fourth-order valence-electron chi connectivity index (χ4n) is 1.90. The second kappa shape index (κ2) is 8.17. The van der Waals surface area contributed by atoms with Crippen molar-refractivity contribution >= 4 is 13.6 Å². The molecule has 1 rings (SSSR count). The Balaban J connectivity index is 2.99. The van der Waals surface area contributed by atoms with E-state index in [1.807, 2.05) is 0 Å². The summed E-state index contributed by atoms with van der Waals surface area (Å²) >= 11 is 0. The van der Waals surface area contributed by atoms with E-state index in [4.69, 9.17) is 13.8 Å². The molecule has 0 aromatic heterocycles. The molecule has 0 aliphatic carbocycles. The molecule has 1 N–H and O–H groups in total. The number of carboxylic acid groups (broad SMARTS) is 1. The van der Waals surface area contributed by atoms with Gasteiger partial charge in [-0.25, -0.2) is 0 Å². The third-order valence-electron chi connectivity index (χ3n) is 2.87. The van der Waals surface area contributed by atoms with Gasteiger partial charge in [-0.1, -0.05) is 12.1 Å². The number of hydrogen-bond donors (Lipinski definition) is 1. The average Bonchev–Trinajstić information content (AvgIpc) is 2.45. The van der Waals surface area contributed by atoms with Crippen molar-refractivity contribution in [1.82, 2.24) is 0 Å². The molecule has 21 heavy (non-hydrogen) atoms. The van der Waals surface area contributed by atoms with Gasteiger partial charge in [0.2, 0.25) is 0 Å². The van der Waals surface area contributed by atoms with Crippen LogP contribution in [0.5, 0.6) is 5.75 Å². The van der Waals surface area contributed by atoms with Gasteiger partial charge in [0.15, 0.2) is 5.66 Å². The molecule has 0 amide bonds. The predicted molar refractivity (Wildman–Crippen MR) is 79.0 cm³/mol. The Morgan fingerprint density at radius 3 is 2.10 bits per heavy atom. The molecule has 1 atom stereocenters. The minimum Gasteiger partial charge on any atom is -0.497 e. The molecule has 7 heteroatoms. The van der Waals surface area contributed by atoms with Crippen molar-refractivity contribution in [2.24, 2.45) is 0 Å². The molecule has 1 aromatic carbocycles. The molecule has 0 radical (unpaired) electrons. The number of aliphatic carboxylic acids is 1. The second-order valence-electron chi connectivity index (χ2n) is 4.28. The van der Waals surface area contributed by atoms with E-state index in [0.717, 1.165) is 5.56 Å². The molecule has 1 aromatic rings. The quantitative estimate of drug-likeness (QED) is 0.705. The van der Waals surface area contributed by atoms with Crippen LogP contribution in [0.15, 0.2) is 24.3 Å². The first kappa shape index (κ1) is 17.7. The van der Waals surface area contributed by atoms with Crippen molar-refractivity contribution in [3.8, 4) is 5.75 Å². The van der Waals surface area contributed by atoms with Gasteiger partial charge in [0, 0.05) is 0 Å². The normalized spacial score (nSPS) is 12.9. The summed E-state index contributed by atoms with van der Waals surface area (Å²) in [6.45, 7) is 3.56. The van der Waals surface area contributed by atoms with Crippen LogP contribution in [0.3, 0.4) is 0 Å². The summed E-state index contributed by atoms with van der Waals surface area (Å²) in [5.41, 5.74) is -0.506. The summed E-state index contributed by atoms with van der Waals surface area (Å²) in [6.07, 6.45) is 0.0661. The summed E-state index contributed by atoms with van der Waals surface area (Å²) in [7, 11) is -2.15. The maximum Gasteiger partial charge on any atom is 0.345 e. The maximum absolute atomic E-state index is 12.6. The van der Waals surface area contributed by atoms with Gasteiger partial charge in [0.1, 0.15) is 5.75 Å². The first-order valence-electron chi connectivity index (χ1n) is 6.71. The summed E-state index contributed by atoms with van der Waals surface area (Å²) in [4.78, 5) is 11.5. The van der Waals surface area contributed by atoms with E-state index >= 15 is 0 Å².